The van der Waals surface area contributed by atoms with Crippen LogP contribution < -0.4 is 10.1 Å². The zero-order chi connectivity index (χ0) is 22.0. The molecule has 1 heterocycles. The minimum Gasteiger partial charge on any atom is -0.494 e. The van der Waals surface area contributed by atoms with E-state index in [4.69, 9.17) is 16.3 Å². The second-order valence-corrected chi connectivity index (χ2v) is 8.47. The summed E-state index contributed by atoms with van der Waals surface area (Å²) in [6, 6.07) is 28.7. The van der Waals surface area contributed by atoms with Crippen LogP contribution in [0, 0.1) is 0 Å². The molecule has 1 aliphatic rings. The summed E-state index contributed by atoms with van der Waals surface area (Å²) in [5, 5.41) is 4.15. The number of nitrogens with one attached hydrogen (secondary N) is 1. The van der Waals surface area contributed by atoms with Gasteiger partial charge in [0.15, 0.2) is 0 Å². The topological polar surface area (TPSA) is 24.5 Å². The van der Waals surface area contributed by atoms with Crippen molar-refractivity contribution in [3.63, 3.8) is 0 Å². The van der Waals surface area contributed by atoms with Gasteiger partial charge < -0.3 is 15.0 Å². The summed E-state index contributed by atoms with van der Waals surface area (Å²) in [5.74, 6) is 0.902. The minimum absolute atomic E-state index is 0.748. The van der Waals surface area contributed by atoms with Gasteiger partial charge in [0.05, 0.1) is 11.6 Å². The summed E-state index contributed by atoms with van der Waals surface area (Å²) < 4.78 is 6.00. The standard InChI is InChI=1S/C28H31ClN2O/c29-28(25-11-5-2-6-12-25)27(23-9-3-1-4-10-23)24-13-15-26(16-14-24)32-22-8-7-19-31-20-17-30-18-21-31/h1-6,9-16,30H,7-8,17-22H2/b28-27-. The maximum Gasteiger partial charge on any atom is 0.119 e. The lowest BCUT2D eigenvalue weighted by Crippen LogP contribution is -2.43. The summed E-state index contributed by atoms with van der Waals surface area (Å²) in [5.41, 5.74) is 4.22. The molecule has 32 heavy (non-hydrogen) atoms. The lowest BCUT2D eigenvalue weighted by Gasteiger charge is -2.26. The van der Waals surface area contributed by atoms with Crippen molar-refractivity contribution in [1.29, 1.82) is 0 Å². The number of nitrogens with zero attached hydrogens (tertiary/aromatic N) is 1. The predicted octanol–water partition coefficient (Wildman–Crippen LogP) is 5.91. The monoisotopic (exact) mass is 446 g/mol. The van der Waals surface area contributed by atoms with Crippen LogP contribution in [0.3, 0.4) is 0 Å². The summed E-state index contributed by atoms with van der Waals surface area (Å²) in [7, 11) is 0. The highest BCUT2D eigenvalue weighted by molar-refractivity contribution is 6.53. The molecule has 166 valence electrons. The van der Waals surface area contributed by atoms with E-state index in [1.165, 1.54) is 6.42 Å². The normalized spacial score (nSPS) is 15.3. The summed E-state index contributed by atoms with van der Waals surface area (Å²) in [6.45, 7) is 6.44. The van der Waals surface area contributed by atoms with Crippen molar-refractivity contribution < 1.29 is 4.74 Å². The van der Waals surface area contributed by atoms with E-state index in [0.29, 0.717) is 0 Å². The van der Waals surface area contributed by atoms with E-state index in [2.05, 4.69) is 34.5 Å². The highest BCUT2D eigenvalue weighted by Crippen LogP contribution is 2.35. The number of ether oxygens (including phenoxy) is 1. The largest absolute Gasteiger partial charge is 0.494 e. The quantitative estimate of drug-likeness (QED) is 0.327. The molecule has 1 N–H and O–H groups in total. The second kappa shape index (κ2) is 11.9. The molecule has 0 bridgehead atoms. The van der Waals surface area contributed by atoms with Gasteiger partial charge in [-0.05, 0) is 48.2 Å². The SMILES string of the molecule is Cl/C(=C(/c1ccccc1)c1ccc(OCCCCN2CCNCC2)cc1)c1ccccc1. The van der Waals surface area contributed by atoms with E-state index in [9.17, 15) is 0 Å². The minimum atomic E-state index is 0.748. The van der Waals surface area contributed by atoms with Crippen LogP contribution in [0.25, 0.3) is 10.6 Å². The average Bonchev–Trinajstić information content (AvgIpc) is 2.87. The van der Waals surface area contributed by atoms with Crippen molar-refractivity contribution in [2.24, 2.45) is 0 Å². The average molecular weight is 447 g/mol. The Morgan fingerprint density at radius 2 is 1.34 bits per heavy atom. The molecule has 0 spiro atoms. The third kappa shape index (κ3) is 6.23. The molecule has 0 saturated carbocycles. The van der Waals surface area contributed by atoms with Crippen molar-refractivity contribution in [1.82, 2.24) is 10.2 Å². The van der Waals surface area contributed by atoms with Gasteiger partial charge in [-0.25, -0.2) is 0 Å². The zero-order valence-electron chi connectivity index (χ0n) is 18.5. The molecule has 3 aromatic rings. The molecule has 3 nitrogen and oxygen atoms in total. The summed E-state index contributed by atoms with van der Waals surface area (Å²) in [6.07, 6.45) is 2.24. The van der Waals surface area contributed by atoms with Crippen molar-refractivity contribution in [2.45, 2.75) is 12.8 Å². The molecule has 0 aliphatic carbocycles. The molecule has 1 fully saturated rings. The molecular weight excluding hydrogens is 416 g/mol. The lowest BCUT2D eigenvalue weighted by molar-refractivity contribution is 0.226. The molecule has 4 rings (SSSR count). The first kappa shape index (κ1) is 22.6. The van der Waals surface area contributed by atoms with Gasteiger partial charge >= 0.3 is 0 Å². The van der Waals surface area contributed by atoms with Crippen LogP contribution in [0.15, 0.2) is 84.9 Å². The van der Waals surface area contributed by atoms with Crippen LogP contribution >= 0.6 is 11.6 Å². The Bertz CT molecular complexity index is 981. The van der Waals surface area contributed by atoms with E-state index < -0.39 is 0 Å². The maximum atomic E-state index is 6.90. The number of piperazine rings is 1. The number of benzene rings is 3. The van der Waals surface area contributed by atoms with Crippen molar-refractivity contribution in [3.05, 3.63) is 102 Å². The molecule has 0 radical (unpaired) electrons. The fourth-order valence-corrected chi connectivity index (χ4v) is 4.38. The Hall–Kier alpha value is -2.59. The van der Waals surface area contributed by atoms with Crippen LogP contribution in [0.2, 0.25) is 0 Å². The predicted molar refractivity (Wildman–Crippen MR) is 135 cm³/mol. The van der Waals surface area contributed by atoms with E-state index in [0.717, 1.165) is 78.8 Å². The zero-order valence-corrected chi connectivity index (χ0v) is 19.2. The molecule has 0 unspecified atom stereocenters. The summed E-state index contributed by atoms with van der Waals surface area (Å²) >= 11 is 6.90. The van der Waals surface area contributed by atoms with E-state index in [1.807, 2.05) is 60.7 Å². The second-order valence-electron chi connectivity index (χ2n) is 8.09. The van der Waals surface area contributed by atoms with E-state index in [-0.39, 0.29) is 0 Å². The number of halogens is 1. The Balaban J connectivity index is 1.41. The first-order valence-electron chi connectivity index (χ1n) is 11.5. The van der Waals surface area contributed by atoms with Gasteiger partial charge in [0.2, 0.25) is 0 Å². The molecule has 0 aromatic heterocycles. The van der Waals surface area contributed by atoms with Crippen molar-refractivity contribution in [3.8, 4) is 5.75 Å². The molecule has 1 saturated heterocycles. The van der Waals surface area contributed by atoms with Crippen LogP contribution in [0.4, 0.5) is 0 Å². The van der Waals surface area contributed by atoms with Gasteiger partial charge in [0.1, 0.15) is 5.75 Å². The third-order valence-corrected chi connectivity index (χ3v) is 6.21. The van der Waals surface area contributed by atoms with Gasteiger partial charge in [-0.1, -0.05) is 84.4 Å². The van der Waals surface area contributed by atoms with E-state index >= 15 is 0 Å². The molecule has 3 aromatic carbocycles. The molecule has 1 aliphatic heterocycles. The van der Waals surface area contributed by atoms with Gasteiger partial charge in [0.25, 0.3) is 0 Å². The molecule has 4 heteroatoms. The van der Waals surface area contributed by atoms with Gasteiger partial charge in [-0.15, -0.1) is 0 Å². The third-order valence-electron chi connectivity index (χ3n) is 5.80. The van der Waals surface area contributed by atoms with Crippen molar-refractivity contribution >= 4 is 22.2 Å². The van der Waals surface area contributed by atoms with Crippen LogP contribution in [0.5, 0.6) is 5.75 Å². The number of rotatable bonds is 9. The van der Waals surface area contributed by atoms with Gasteiger partial charge in [-0.2, -0.15) is 0 Å². The smallest absolute Gasteiger partial charge is 0.119 e. The fourth-order valence-electron chi connectivity index (χ4n) is 4.03. The maximum absolute atomic E-state index is 6.90. The van der Waals surface area contributed by atoms with Gasteiger partial charge in [-0.3, -0.25) is 0 Å². The Labute approximate surface area is 196 Å². The van der Waals surface area contributed by atoms with Crippen LogP contribution in [-0.4, -0.2) is 44.2 Å². The number of hydrogen-bond donors (Lipinski definition) is 1. The first-order valence-corrected chi connectivity index (χ1v) is 11.9. The van der Waals surface area contributed by atoms with Gasteiger partial charge in [0, 0.05) is 31.8 Å². The Morgan fingerprint density at radius 3 is 2.00 bits per heavy atom. The summed E-state index contributed by atoms with van der Waals surface area (Å²) in [4.78, 5) is 2.53. The molecule has 0 atom stereocenters. The van der Waals surface area contributed by atoms with Crippen molar-refractivity contribution in [2.75, 3.05) is 39.3 Å². The highest BCUT2D eigenvalue weighted by atomic mass is 35.5. The van der Waals surface area contributed by atoms with Crippen LogP contribution in [0.1, 0.15) is 29.5 Å². The number of hydrogen-bond acceptors (Lipinski definition) is 3. The highest BCUT2D eigenvalue weighted by Gasteiger charge is 2.13. The first-order chi connectivity index (χ1) is 15.8. The Morgan fingerprint density at radius 1 is 0.750 bits per heavy atom. The Kier molecular flexibility index (Phi) is 8.38. The molecule has 0 amide bonds. The van der Waals surface area contributed by atoms with Crippen LogP contribution in [-0.2, 0) is 0 Å². The number of unbranched alkanes of at least 4 members (excludes halogenated alkanes) is 1. The molecular formula is C28H31ClN2O. The van der Waals surface area contributed by atoms with E-state index in [1.54, 1.807) is 0 Å². The lowest BCUT2D eigenvalue weighted by atomic mass is 9.95. The fraction of sp³-hybridized carbons (Fsp3) is 0.286.